The van der Waals surface area contributed by atoms with Crippen molar-refractivity contribution in [1.29, 1.82) is 0 Å². The Morgan fingerprint density at radius 2 is 0.926 bits per heavy atom. The van der Waals surface area contributed by atoms with Gasteiger partial charge in [0.2, 0.25) is 5.89 Å². The van der Waals surface area contributed by atoms with E-state index in [1.165, 1.54) is 11.1 Å². The Balaban J connectivity index is 1.13. The van der Waals surface area contributed by atoms with E-state index < -0.39 is 0 Å². The Hall–Kier alpha value is -7.37. The van der Waals surface area contributed by atoms with E-state index in [4.69, 9.17) is 18.2 Å². The molecule has 3 heterocycles. The summed E-state index contributed by atoms with van der Waals surface area (Å²) in [5.41, 5.74) is 13.3. The van der Waals surface area contributed by atoms with Gasteiger partial charge in [0.25, 0.3) is 0 Å². The first-order valence-corrected chi connectivity index (χ1v) is 18.0. The Labute approximate surface area is 309 Å². The smallest absolute Gasteiger partial charge is 0.227 e. The lowest BCUT2D eigenvalue weighted by Gasteiger charge is -2.27. The van der Waals surface area contributed by atoms with Gasteiger partial charge in [0, 0.05) is 44.9 Å². The molecular formula is C49H30N2O3. The molecular weight excluding hydrogens is 665 g/mol. The van der Waals surface area contributed by atoms with Gasteiger partial charge in [-0.25, -0.2) is 4.98 Å². The zero-order valence-corrected chi connectivity index (χ0v) is 28.9. The normalized spacial score (nSPS) is 11.7. The van der Waals surface area contributed by atoms with Crippen molar-refractivity contribution in [1.82, 2.24) is 4.98 Å². The highest BCUT2D eigenvalue weighted by Crippen LogP contribution is 2.44. The molecule has 254 valence electrons. The number of nitrogens with zero attached hydrogens (tertiary/aromatic N) is 2. The van der Waals surface area contributed by atoms with Gasteiger partial charge in [-0.3, -0.25) is 0 Å². The highest BCUT2D eigenvalue weighted by atomic mass is 16.4. The zero-order valence-electron chi connectivity index (χ0n) is 28.9. The van der Waals surface area contributed by atoms with E-state index in [0.717, 1.165) is 88.7 Å². The van der Waals surface area contributed by atoms with Crippen molar-refractivity contribution in [2.45, 2.75) is 0 Å². The summed E-state index contributed by atoms with van der Waals surface area (Å²) in [6.45, 7) is 0. The lowest BCUT2D eigenvalue weighted by atomic mass is 9.93. The van der Waals surface area contributed by atoms with Crippen LogP contribution in [-0.4, -0.2) is 4.98 Å². The fourth-order valence-corrected chi connectivity index (χ4v) is 7.78. The van der Waals surface area contributed by atoms with Crippen LogP contribution in [0, 0.1) is 0 Å². The van der Waals surface area contributed by atoms with Gasteiger partial charge in [0.15, 0.2) is 5.58 Å². The van der Waals surface area contributed by atoms with Gasteiger partial charge >= 0.3 is 0 Å². The molecule has 0 N–H and O–H groups in total. The number of furan rings is 2. The summed E-state index contributed by atoms with van der Waals surface area (Å²) in [6.07, 6.45) is 0. The zero-order chi connectivity index (χ0) is 35.6. The first-order chi connectivity index (χ1) is 26.7. The molecule has 0 saturated heterocycles. The number of benzene rings is 8. The quantitative estimate of drug-likeness (QED) is 0.173. The van der Waals surface area contributed by atoms with Crippen LogP contribution in [0.1, 0.15) is 0 Å². The summed E-state index contributed by atoms with van der Waals surface area (Å²) in [6, 6.07) is 62.9. The number of rotatable bonds is 6. The van der Waals surface area contributed by atoms with E-state index >= 15 is 0 Å². The molecule has 5 heteroatoms. The molecule has 0 bridgehead atoms. The molecule has 0 amide bonds. The van der Waals surface area contributed by atoms with Crippen LogP contribution in [0.3, 0.4) is 0 Å². The summed E-state index contributed by atoms with van der Waals surface area (Å²) in [4.78, 5) is 7.26. The molecule has 0 fully saturated rings. The van der Waals surface area contributed by atoms with Gasteiger partial charge in [0.1, 0.15) is 27.8 Å². The van der Waals surface area contributed by atoms with E-state index in [0.29, 0.717) is 5.89 Å². The molecule has 11 aromatic rings. The number of para-hydroxylation sites is 1. The maximum Gasteiger partial charge on any atom is 0.227 e. The van der Waals surface area contributed by atoms with Gasteiger partial charge in [-0.15, -0.1) is 0 Å². The van der Waals surface area contributed by atoms with Crippen LogP contribution >= 0.6 is 0 Å². The third kappa shape index (κ3) is 4.90. The van der Waals surface area contributed by atoms with Gasteiger partial charge in [-0.1, -0.05) is 103 Å². The van der Waals surface area contributed by atoms with Crippen molar-refractivity contribution in [2.24, 2.45) is 0 Å². The molecule has 8 aromatic carbocycles. The van der Waals surface area contributed by atoms with Gasteiger partial charge in [-0.2, -0.15) is 0 Å². The second-order valence-electron chi connectivity index (χ2n) is 13.5. The molecule has 0 spiro atoms. The largest absolute Gasteiger partial charge is 0.456 e. The van der Waals surface area contributed by atoms with Gasteiger partial charge in [-0.05, 0) is 95.1 Å². The van der Waals surface area contributed by atoms with Crippen LogP contribution in [-0.2, 0) is 0 Å². The number of anilines is 3. The van der Waals surface area contributed by atoms with E-state index in [1.807, 2.05) is 54.6 Å². The van der Waals surface area contributed by atoms with Crippen molar-refractivity contribution in [3.05, 3.63) is 182 Å². The number of hydrogen-bond acceptors (Lipinski definition) is 5. The third-order valence-electron chi connectivity index (χ3n) is 10.3. The molecule has 3 aromatic heterocycles. The average molecular weight is 695 g/mol. The van der Waals surface area contributed by atoms with Crippen LogP contribution in [0.15, 0.2) is 195 Å². The molecule has 0 atom stereocenters. The van der Waals surface area contributed by atoms with Gasteiger partial charge < -0.3 is 18.2 Å². The molecule has 11 rings (SSSR count). The fraction of sp³-hybridized carbons (Fsp3) is 0. The highest BCUT2D eigenvalue weighted by Gasteiger charge is 2.21. The monoisotopic (exact) mass is 694 g/mol. The second-order valence-corrected chi connectivity index (χ2v) is 13.5. The number of oxazole rings is 1. The van der Waals surface area contributed by atoms with Crippen LogP contribution in [0.25, 0.3) is 88.7 Å². The molecule has 5 nitrogen and oxygen atoms in total. The molecule has 0 radical (unpaired) electrons. The molecule has 0 aliphatic rings. The Bertz CT molecular complexity index is 3160. The molecule has 0 aliphatic carbocycles. The maximum atomic E-state index is 6.60. The fourth-order valence-electron chi connectivity index (χ4n) is 7.78. The molecule has 0 saturated carbocycles. The maximum absolute atomic E-state index is 6.60. The van der Waals surface area contributed by atoms with Crippen molar-refractivity contribution in [3.8, 4) is 33.7 Å². The lowest BCUT2D eigenvalue weighted by Crippen LogP contribution is -2.10. The van der Waals surface area contributed by atoms with Crippen LogP contribution in [0.2, 0.25) is 0 Å². The molecule has 0 unspecified atom stereocenters. The minimum absolute atomic E-state index is 0.588. The molecule has 54 heavy (non-hydrogen) atoms. The van der Waals surface area contributed by atoms with Crippen LogP contribution in [0.5, 0.6) is 0 Å². The van der Waals surface area contributed by atoms with Crippen LogP contribution < -0.4 is 4.90 Å². The van der Waals surface area contributed by atoms with Crippen molar-refractivity contribution in [2.75, 3.05) is 4.90 Å². The van der Waals surface area contributed by atoms with E-state index in [1.54, 1.807) is 0 Å². The second kappa shape index (κ2) is 12.1. The Morgan fingerprint density at radius 1 is 0.352 bits per heavy atom. The summed E-state index contributed by atoms with van der Waals surface area (Å²) in [7, 11) is 0. The lowest BCUT2D eigenvalue weighted by molar-refractivity contribution is 0.619. The number of hydrogen-bond donors (Lipinski definition) is 0. The van der Waals surface area contributed by atoms with Gasteiger partial charge in [0.05, 0.1) is 5.39 Å². The van der Waals surface area contributed by atoms with E-state index in [-0.39, 0.29) is 0 Å². The minimum atomic E-state index is 0.588. The number of fused-ring (bicyclic) bond motifs is 8. The first kappa shape index (κ1) is 30.3. The Morgan fingerprint density at radius 3 is 1.72 bits per heavy atom. The predicted molar refractivity (Wildman–Crippen MR) is 220 cm³/mol. The van der Waals surface area contributed by atoms with Crippen molar-refractivity contribution >= 4 is 72.0 Å². The van der Waals surface area contributed by atoms with E-state index in [9.17, 15) is 0 Å². The molecule has 0 aliphatic heterocycles. The summed E-state index contributed by atoms with van der Waals surface area (Å²) >= 11 is 0. The highest BCUT2D eigenvalue weighted by molar-refractivity contribution is 6.17. The van der Waals surface area contributed by atoms with E-state index in [2.05, 4.69) is 132 Å². The predicted octanol–water partition coefficient (Wildman–Crippen LogP) is 14.1. The topological polar surface area (TPSA) is 55.6 Å². The standard InChI is InChI=1S/C49H30N2O3/c1-4-12-31(13-5-1)37-23-20-34(28-40(37)32-14-6-2-7-15-32)51(35-22-25-43-41(29-35)38-18-10-11-19-42(38)52-43)36-21-24-39-46(30-36)53-44-26-27-45-48(47(39)44)50-49(54-45)33-16-8-3-9-17-33/h1-30H. The first-order valence-electron chi connectivity index (χ1n) is 18.0. The Kier molecular flexibility index (Phi) is 6.79. The summed E-state index contributed by atoms with van der Waals surface area (Å²) in [5.74, 6) is 0.588. The SMILES string of the molecule is c1ccc(-c2nc3c(ccc4oc5cc(N(c6ccc(-c7ccccc7)c(-c7ccccc7)c6)c6ccc7oc8ccccc8c7c6)ccc5c43)o2)cc1. The average Bonchev–Trinajstić information content (AvgIpc) is 3.95. The van der Waals surface area contributed by atoms with Crippen molar-refractivity contribution in [3.63, 3.8) is 0 Å². The minimum Gasteiger partial charge on any atom is -0.456 e. The number of aromatic nitrogens is 1. The van der Waals surface area contributed by atoms with Crippen molar-refractivity contribution < 1.29 is 13.3 Å². The van der Waals surface area contributed by atoms with Crippen LogP contribution in [0.4, 0.5) is 17.1 Å². The summed E-state index contributed by atoms with van der Waals surface area (Å²) in [5, 5.41) is 4.06. The third-order valence-corrected chi connectivity index (χ3v) is 10.3. The summed E-state index contributed by atoms with van der Waals surface area (Å²) < 4.78 is 19.1.